The van der Waals surface area contributed by atoms with Crippen LogP contribution in [0.5, 0.6) is 0 Å². The van der Waals surface area contributed by atoms with Crippen molar-refractivity contribution >= 4 is 65.5 Å². The van der Waals surface area contributed by atoms with Gasteiger partial charge in [-0.25, -0.2) is 4.98 Å². The smallest absolute Gasteiger partial charge is 0.0972 e. The molecule has 0 unspecified atom stereocenters. The zero-order valence-electron chi connectivity index (χ0n) is 67.8. The molecule has 0 aliphatic rings. The summed E-state index contributed by atoms with van der Waals surface area (Å²) in [4.78, 5) is 7.47. The number of aromatic nitrogens is 2. The van der Waals surface area contributed by atoms with E-state index in [4.69, 9.17) is 26.9 Å². The Kier molecular flexibility index (Phi) is 4.28. The van der Waals surface area contributed by atoms with Crippen molar-refractivity contribution in [3.8, 4) is 76.6 Å². The number of nitrogens with zero attached hydrogens (tertiary/aromatic N) is 2. The van der Waals surface area contributed by atoms with Crippen molar-refractivity contribution in [3.05, 3.63) is 242 Å². The summed E-state index contributed by atoms with van der Waals surface area (Å²) in [5, 5.41) is -3.65. The lowest BCUT2D eigenvalue weighted by molar-refractivity contribution is 1.37. The van der Waals surface area contributed by atoms with Crippen molar-refractivity contribution in [2.24, 2.45) is 0 Å². The summed E-state index contributed by atoms with van der Waals surface area (Å²) in [6.07, 6.45) is -0.692. The van der Waals surface area contributed by atoms with Gasteiger partial charge in [0, 0.05) is 49.0 Å². The number of thiophene rings is 1. The average Bonchev–Trinajstić information content (AvgIpc) is 1.68. The molecule has 0 N–H and O–H groups in total. The SMILES string of the molecule is [2H]c1nc2c(c([2H])c1[2H])c([2H])c([2H])c1c([2H])c([2H])c(-c3ccc(-c4c([2H])c([2H])c([2H])c(-c5c(-c6c([2H])c([2H])c([2H])c([2H])c6[2H])sc(-c6c7c([2H])c([2H])c([2H])c([2H])c7c(-c7c([2H])c([2H])c([2H])c([2H])c7[2H])c7c([2H])c([2H])c([2H])c([2H])c67)c5-c5c([2H])c([2H])c([2H])c([2H])c5[2H])c4[2H])c4ccccc34)nc12. The van der Waals surface area contributed by atoms with Crippen LogP contribution in [0.1, 0.15) is 46.6 Å². The summed E-state index contributed by atoms with van der Waals surface area (Å²) in [6.45, 7) is 0. The van der Waals surface area contributed by atoms with Crippen molar-refractivity contribution < 1.29 is 46.6 Å². The molecule has 13 rings (SSSR count). The summed E-state index contributed by atoms with van der Waals surface area (Å²) in [7, 11) is 0. The molecule has 10 aromatic carbocycles. The standard InChI is InChI=1S/C64H40N2S/c1-4-18-41(19-5-1)57-52-29-12-14-31-54(52)60(55-32-15-13-30-53(55)57)64-58(42-20-6-2-7-21-42)59(63(67-64)45-22-8-3-9-23-45)47-25-16-24-46(40-47)48-36-37-51(50-28-11-10-27-49(48)50)56-38-35-44-34-33-43-26-17-39-65-61(43)62(44)66-56/h1-40H/i1D,2D,3D,4D,5D,6D,7D,8D,9D,12D,13D,14D,15D,16D,17D,18D,19D,20D,21D,22D,23D,24D,25D,26D,29D,30D,31D,32D,33D,34D,35D,38D,39D,40D. The Bertz CT molecular complexity index is 5920. The second-order valence-corrected chi connectivity index (χ2v) is 15.6. The monoisotopic (exact) mass is 903 g/mol. The quantitative estimate of drug-likeness (QED) is 0.118. The molecule has 312 valence electrons. The maximum atomic E-state index is 10.6. The van der Waals surface area contributed by atoms with Gasteiger partial charge in [0.15, 0.2) is 0 Å². The topological polar surface area (TPSA) is 25.8 Å². The highest BCUT2D eigenvalue weighted by molar-refractivity contribution is 7.20. The van der Waals surface area contributed by atoms with Crippen LogP contribution in [0.25, 0.3) is 131 Å². The Hall–Kier alpha value is -8.50. The highest BCUT2D eigenvalue weighted by atomic mass is 32.1. The summed E-state index contributed by atoms with van der Waals surface area (Å²) in [5.74, 6) is 0. The zero-order chi connectivity index (χ0) is 73.9. The molecule has 0 atom stereocenters. The predicted molar refractivity (Wildman–Crippen MR) is 285 cm³/mol. The molecule has 67 heavy (non-hydrogen) atoms. The van der Waals surface area contributed by atoms with Gasteiger partial charge in [-0.2, -0.15) is 0 Å². The van der Waals surface area contributed by atoms with Crippen LogP contribution in [0.2, 0.25) is 0 Å². The Balaban J connectivity index is 1.27. The van der Waals surface area contributed by atoms with E-state index in [0.29, 0.717) is 0 Å². The highest BCUT2D eigenvalue weighted by Gasteiger charge is 2.27. The van der Waals surface area contributed by atoms with Gasteiger partial charge in [-0.3, -0.25) is 4.98 Å². The first-order valence-electron chi connectivity index (χ1n) is 37.0. The largest absolute Gasteiger partial charge is 0.254 e. The minimum absolute atomic E-state index is 0.0533. The van der Waals surface area contributed by atoms with Gasteiger partial charge in [0.05, 0.1) is 63.3 Å². The lowest BCUT2D eigenvalue weighted by Gasteiger charge is -2.18. The fourth-order valence-corrected chi connectivity index (χ4v) is 9.57. The third-order valence-corrected chi connectivity index (χ3v) is 12.2. The molecule has 0 spiro atoms. The van der Waals surface area contributed by atoms with E-state index in [1.807, 2.05) is 0 Å². The van der Waals surface area contributed by atoms with Crippen LogP contribution < -0.4 is 0 Å². The van der Waals surface area contributed by atoms with Gasteiger partial charge in [-0.15, -0.1) is 11.3 Å². The van der Waals surface area contributed by atoms with Crippen LogP contribution in [-0.2, 0) is 0 Å². The predicted octanol–water partition coefficient (Wildman–Crippen LogP) is 18.0. The molecule has 0 saturated heterocycles. The fraction of sp³-hybridized carbons (Fsp3) is 0. The summed E-state index contributed by atoms with van der Waals surface area (Å²) in [5.41, 5.74) is -8.03. The molecule has 3 heteroatoms. The Morgan fingerprint density at radius 2 is 0.851 bits per heavy atom. The lowest BCUT2D eigenvalue weighted by atomic mass is 9.85. The number of benzene rings is 10. The molecule has 0 saturated carbocycles. The summed E-state index contributed by atoms with van der Waals surface area (Å²) < 4.78 is 314. The molecule has 0 aliphatic heterocycles. The number of hydrogen-bond acceptors (Lipinski definition) is 3. The molecule has 0 radical (unpaired) electrons. The molecule has 0 aliphatic carbocycles. The van der Waals surface area contributed by atoms with Crippen LogP contribution in [-0.4, -0.2) is 9.97 Å². The minimum Gasteiger partial charge on any atom is -0.254 e. The zero-order valence-corrected chi connectivity index (χ0v) is 34.6. The van der Waals surface area contributed by atoms with Gasteiger partial charge >= 0.3 is 0 Å². The molecule has 3 aromatic heterocycles. The van der Waals surface area contributed by atoms with Crippen molar-refractivity contribution in [2.75, 3.05) is 0 Å². The van der Waals surface area contributed by atoms with Gasteiger partial charge in [0.1, 0.15) is 0 Å². The molecule has 0 fully saturated rings. The third kappa shape index (κ3) is 6.55. The van der Waals surface area contributed by atoms with E-state index in [-0.39, 0.29) is 60.7 Å². The number of rotatable bonds is 7. The molecule has 3 heterocycles. The van der Waals surface area contributed by atoms with Crippen molar-refractivity contribution in [1.29, 1.82) is 0 Å². The highest BCUT2D eigenvalue weighted by Crippen LogP contribution is 2.56. The second kappa shape index (κ2) is 16.2. The van der Waals surface area contributed by atoms with Gasteiger partial charge in [0.2, 0.25) is 0 Å². The van der Waals surface area contributed by atoms with Crippen LogP contribution in [0.3, 0.4) is 0 Å². The first kappa shape index (κ1) is 17.7. The van der Waals surface area contributed by atoms with E-state index in [9.17, 15) is 24.7 Å². The Morgan fingerprint density at radius 3 is 1.52 bits per heavy atom. The third-order valence-electron chi connectivity index (χ3n) is 11.0. The Morgan fingerprint density at radius 1 is 0.343 bits per heavy atom. The van der Waals surface area contributed by atoms with E-state index in [2.05, 4.69) is 4.98 Å². The molecular formula is C64H40N2S. The first-order chi connectivity index (χ1) is 47.4. The molecule has 13 aromatic rings. The lowest BCUT2D eigenvalue weighted by Crippen LogP contribution is -1.92. The molecule has 0 bridgehead atoms. The molecule has 0 amide bonds. The van der Waals surface area contributed by atoms with Crippen molar-refractivity contribution in [1.82, 2.24) is 9.97 Å². The number of hydrogen-bond donors (Lipinski definition) is 0. The van der Waals surface area contributed by atoms with Gasteiger partial charge in [0.25, 0.3) is 0 Å². The number of pyridine rings is 2. The normalized spacial score (nSPS) is 18.7. The van der Waals surface area contributed by atoms with E-state index in [0.717, 1.165) is 0 Å². The van der Waals surface area contributed by atoms with Crippen molar-refractivity contribution in [2.45, 2.75) is 0 Å². The van der Waals surface area contributed by atoms with Crippen molar-refractivity contribution in [3.63, 3.8) is 0 Å². The van der Waals surface area contributed by atoms with E-state index in [1.54, 1.807) is 0 Å². The minimum atomic E-state index is -1.11. The summed E-state index contributed by atoms with van der Waals surface area (Å²) in [6, 6.07) is -23.0. The first-order valence-corrected chi connectivity index (χ1v) is 20.9. The van der Waals surface area contributed by atoms with Crippen LogP contribution in [0.4, 0.5) is 0 Å². The van der Waals surface area contributed by atoms with Gasteiger partial charge in [-0.1, -0.05) is 218 Å². The number of fused-ring (bicyclic) bond motifs is 6. The molecular weight excluding hydrogens is 829 g/mol. The molecule has 2 nitrogen and oxygen atoms in total. The maximum absolute atomic E-state index is 10.6. The van der Waals surface area contributed by atoms with Gasteiger partial charge in [-0.05, 0) is 89.4 Å². The van der Waals surface area contributed by atoms with Crippen LogP contribution >= 0.6 is 11.3 Å². The Labute approximate surface area is 440 Å². The van der Waals surface area contributed by atoms with E-state index in [1.165, 1.54) is 36.4 Å². The second-order valence-electron chi connectivity index (χ2n) is 14.6. The van der Waals surface area contributed by atoms with E-state index >= 15 is 0 Å². The maximum Gasteiger partial charge on any atom is 0.0972 e. The van der Waals surface area contributed by atoms with E-state index < -0.39 is 287 Å². The van der Waals surface area contributed by atoms with Gasteiger partial charge < -0.3 is 0 Å². The summed E-state index contributed by atoms with van der Waals surface area (Å²) >= 11 is 0.260. The fourth-order valence-electron chi connectivity index (χ4n) is 8.25. The van der Waals surface area contributed by atoms with Crippen LogP contribution in [0, 0.1) is 0 Å². The average molecular weight is 903 g/mol. The van der Waals surface area contributed by atoms with Crippen LogP contribution in [0.15, 0.2) is 242 Å².